The Bertz CT molecular complexity index is 1100. The quantitative estimate of drug-likeness (QED) is 0.702. The van der Waals surface area contributed by atoms with Crippen LogP contribution in [0.4, 0.5) is 14.5 Å². The van der Waals surface area contributed by atoms with Gasteiger partial charge in [0.1, 0.15) is 18.2 Å². The zero-order chi connectivity index (χ0) is 21.3. The first kappa shape index (κ1) is 19.8. The number of hydrogen-bond acceptors (Lipinski definition) is 2. The van der Waals surface area contributed by atoms with Gasteiger partial charge in [0, 0.05) is 11.3 Å². The fourth-order valence-corrected chi connectivity index (χ4v) is 3.74. The van der Waals surface area contributed by atoms with Crippen LogP contribution in [0.2, 0.25) is 0 Å². The van der Waals surface area contributed by atoms with Crippen LogP contribution in [0.3, 0.4) is 0 Å². The molecular weight excluding hydrogens is 386 g/mol. The lowest BCUT2D eigenvalue weighted by Crippen LogP contribution is -2.39. The fraction of sp³-hybridized carbons (Fsp3) is 0.167. The predicted octanol–water partition coefficient (Wildman–Crippen LogP) is 4.39. The molecule has 0 saturated heterocycles. The summed E-state index contributed by atoms with van der Waals surface area (Å²) in [6.07, 6.45) is 0.0202. The minimum Gasteiger partial charge on any atom is -0.324 e. The molecule has 30 heavy (non-hydrogen) atoms. The fourth-order valence-electron chi connectivity index (χ4n) is 3.74. The standard InChI is InChI=1S/C24H20F2N2O2/c1-15-2-11-21-20(12-15)24(17-5-9-19(26)10-6-17)28(14-22(29)27-21)23(30)13-16-3-7-18(25)8-4-16/h2-12,24H,13-14H2,1H3,(H,27,29). The summed E-state index contributed by atoms with van der Waals surface area (Å²) < 4.78 is 26.8. The molecule has 1 aliphatic rings. The average molecular weight is 406 g/mol. The Morgan fingerprint density at radius 2 is 1.63 bits per heavy atom. The molecule has 0 fully saturated rings. The van der Waals surface area contributed by atoms with E-state index in [1.165, 1.54) is 29.2 Å². The van der Waals surface area contributed by atoms with Gasteiger partial charge in [-0.3, -0.25) is 9.59 Å². The van der Waals surface area contributed by atoms with Gasteiger partial charge in [0.25, 0.3) is 0 Å². The first-order chi connectivity index (χ1) is 14.4. The summed E-state index contributed by atoms with van der Waals surface area (Å²) in [5.74, 6) is -1.35. The normalized spacial score (nSPS) is 15.9. The van der Waals surface area contributed by atoms with E-state index >= 15 is 0 Å². The van der Waals surface area contributed by atoms with Crippen molar-refractivity contribution in [1.82, 2.24) is 4.90 Å². The van der Waals surface area contributed by atoms with Crippen LogP contribution in [-0.2, 0) is 16.0 Å². The Balaban J connectivity index is 1.79. The van der Waals surface area contributed by atoms with Gasteiger partial charge in [0.15, 0.2) is 0 Å². The van der Waals surface area contributed by atoms with Crippen LogP contribution >= 0.6 is 0 Å². The van der Waals surface area contributed by atoms with Gasteiger partial charge in [0.05, 0.1) is 12.5 Å². The molecule has 6 heteroatoms. The second kappa shape index (κ2) is 8.06. The number of carbonyl (C=O) groups excluding carboxylic acids is 2. The second-order valence-electron chi connectivity index (χ2n) is 7.42. The molecule has 1 atom stereocenters. The molecule has 0 aromatic heterocycles. The number of rotatable bonds is 3. The molecule has 3 aromatic carbocycles. The van der Waals surface area contributed by atoms with Gasteiger partial charge in [-0.1, -0.05) is 42.0 Å². The monoisotopic (exact) mass is 406 g/mol. The predicted molar refractivity (Wildman–Crippen MR) is 110 cm³/mol. The summed E-state index contributed by atoms with van der Waals surface area (Å²) in [5.41, 5.74) is 3.71. The molecule has 4 nitrogen and oxygen atoms in total. The third-order valence-corrected chi connectivity index (χ3v) is 5.18. The lowest BCUT2D eigenvalue weighted by molar-refractivity contribution is -0.135. The average Bonchev–Trinajstić information content (AvgIpc) is 2.86. The minimum absolute atomic E-state index is 0.0202. The van der Waals surface area contributed by atoms with Crippen molar-refractivity contribution in [3.8, 4) is 0 Å². The highest BCUT2D eigenvalue weighted by atomic mass is 19.1. The van der Waals surface area contributed by atoms with Gasteiger partial charge in [-0.25, -0.2) is 8.78 Å². The molecule has 152 valence electrons. The molecule has 0 radical (unpaired) electrons. The number of fused-ring (bicyclic) bond motifs is 1. The molecular formula is C24H20F2N2O2. The summed E-state index contributed by atoms with van der Waals surface area (Å²) in [7, 11) is 0. The third-order valence-electron chi connectivity index (χ3n) is 5.18. The van der Waals surface area contributed by atoms with Gasteiger partial charge in [-0.15, -0.1) is 0 Å². The van der Waals surface area contributed by atoms with Gasteiger partial charge < -0.3 is 10.2 Å². The lowest BCUT2D eigenvalue weighted by atomic mass is 9.94. The highest BCUT2D eigenvalue weighted by Gasteiger charge is 2.33. The Hall–Kier alpha value is -3.54. The molecule has 1 aliphatic heterocycles. The zero-order valence-corrected chi connectivity index (χ0v) is 16.4. The molecule has 3 aromatic rings. The van der Waals surface area contributed by atoms with Gasteiger partial charge in [-0.05, 0) is 48.4 Å². The van der Waals surface area contributed by atoms with E-state index in [4.69, 9.17) is 0 Å². The number of amides is 2. The topological polar surface area (TPSA) is 49.4 Å². The second-order valence-corrected chi connectivity index (χ2v) is 7.42. The maximum absolute atomic E-state index is 13.6. The Morgan fingerprint density at radius 1 is 1.00 bits per heavy atom. The molecule has 1 heterocycles. The Labute approximate surface area is 173 Å². The van der Waals surface area contributed by atoms with E-state index in [-0.39, 0.29) is 36.4 Å². The summed E-state index contributed by atoms with van der Waals surface area (Å²) in [4.78, 5) is 27.3. The van der Waals surface area contributed by atoms with E-state index in [0.29, 0.717) is 16.8 Å². The van der Waals surface area contributed by atoms with Gasteiger partial charge in [0.2, 0.25) is 11.8 Å². The van der Waals surface area contributed by atoms with Crippen molar-refractivity contribution in [2.45, 2.75) is 19.4 Å². The van der Waals surface area contributed by atoms with Crippen molar-refractivity contribution >= 4 is 17.5 Å². The number of nitrogens with one attached hydrogen (secondary N) is 1. The van der Waals surface area contributed by atoms with Crippen LogP contribution < -0.4 is 5.32 Å². The smallest absolute Gasteiger partial charge is 0.244 e. The molecule has 0 saturated carbocycles. The number of benzene rings is 3. The molecule has 1 unspecified atom stereocenters. The van der Waals surface area contributed by atoms with Crippen molar-refractivity contribution in [3.05, 3.63) is 101 Å². The van der Waals surface area contributed by atoms with Gasteiger partial charge >= 0.3 is 0 Å². The van der Waals surface area contributed by atoms with E-state index in [9.17, 15) is 18.4 Å². The Kier molecular flexibility index (Phi) is 5.31. The number of anilines is 1. The first-order valence-corrected chi connectivity index (χ1v) is 9.60. The maximum Gasteiger partial charge on any atom is 0.244 e. The zero-order valence-electron chi connectivity index (χ0n) is 16.4. The number of hydrogen-bond donors (Lipinski definition) is 1. The van der Waals surface area contributed by atoms with Gasteiger partial charge in [-0.2, -0.15) is 0 Å². The maximum atomic E-state index is 13.6. The first-order valence-electron chi connectivity index (χ1n) is 9.60. The van der Waals surface area contributed by atoms with E-state index < -0.39 is 6.04 Å². The largest absolute Gasteiger partial charge is 0.324 e. The van der Waals surface area contributed by atoms with Crippen LogP contribution in [0.5, 0.6) is 0 Å². The highest BCUT2D eigenvalue weighted by molar-refractivity contribution is 5.97. The van der Waals surface area contributed by atoms with E-state index in [0.717, 1.165) is 11.1 Å². The van der Waals surface area contributed by atoms with Crippen molar-refractivity contribution in [2.75, 3.05) is 11.9 Å². The van der Waals surface area contributed by atoms with Crippen molar-refractivity contribution in [3.63, 3.8) is 0 Å². The summed E-state index contributed by atoms with van der Waals surface area (Å²) in [6.45, 7) is 1.79. The van der Waals surface area contributed by atoms with Crippen LogP contribution in [0.15, 0.2) is 66.7 Å². The summed E-state index contributed by atoms with van der Waals surface area (Å²) in [6, 6.07) is 16.7. The number of halogens is 2. The van der Waals surface area contributed by atoms with Crippen molar-refractivity contribution in [2.24, 2.45) is 0 Å². The Morgan fingerprint density at radius 3 is 2.30 bits per heavy atom. The number of nitrogens with zero attached hydrogens (tertiary/aromatic N) is 1. The number of aryl methyl sites for hydroxylation is 1. The number of carbonyl (C=O) groups is 2. The summed E-state index contributed by atoms with van der Waals surface area (Å²) in [5, 5.41) is 2.86. The van der Waals surface area contributed by atoms with Crippen molar-refractivity contribution < 1.29 is 18.4 Å². The highest BCUT2D eigenvalue weighted by Crippen LogP contribution is 2.36. The molecule has 2 amide bonds. The minimum atomic E-state index is -0.563. The van der Waals surface area contributed by atoms with E-state index in [2.05, 4.69) is 5.32 Å². The van der Waals surface area contributed by atoms with Crippen LogP contribution in [0.1, 0.15) is 28.3 Å². The SMILES string of the molecule is Cc1ccc2c(c1)C(c1ccc(F)cc1)N(C(=O)Cc1ccc(F)cc1)CC(=O)N2. The van der Waals surface area contributed by atoms with Crippen LogP contribution in [0, 0.1) is 18.6 Å². The molecule has 4 rings (SSSR count). The molecule has 0 bridgehead atoms. The molecule has 0 aliphatic carbocycles. The van der Waals surface area contributed by atoms with E-state index in [1.54, 1.807) is 24.3 Å². The third kappa shape index (κ3) is 4.08. The van der Waals surface area contributed by atoms with Crippen LogP contribution in [-0.4, -0.2) is 23.3 Å². The van der Waals surface area contributed by atoms with E-state index in [1.807, 2.05) is 25.1 Å². The van der Waals surface area contributed by atoms with Crippen LogP contribution in [0.25, 0.3) is 0 Å². The molecule has 0 spiro atoms. The lowest BCUT2D eigenvalue weighted by Gasteiger charge is -2.31. The van der Waals surface area contributed by atoms with Crippen molar-refractivity contribution in [1.29, 1.82) is 0 Å². The summed E-state index contributed by atoms with van der Waals surface area (Å²) >= 11 is 0. The molecule has 1 N–H and O–H groups in total.